The number of nitrogens with one attached hydrogen (secondary N) is 3. The summed E-state index contributed by atoms with van der Waals surface area (Å²) in [7, 11) is 0. The van der Waals surface area contributed by atoms with Crippen molar-refractivity contribution in [1.82, 2.24) is 5.32 Å². The lowest BCUT2D eigenvalue weighted by Gasteiger charge is -2.34. The van der Waals surface area contributed by atoms with Crippen LogP contribution in [-0.2, 0) is 11.3 Å². The molecule has 0 saturated heterocycles. The average Bonchev–Trinajstić information content (AvgIpc) is 2.37. The van der Waals surface area contributed by atoms with Crippen LogP contribution >= 0.6 is 0 Å². The fourth-order valence-corrected chi connectivity index (χ4v) is 1.82. The Labute approximate surface area is 134 Å². The molecule has 0 aliphatic rings. The zero-order valence-electron chi connectivity index (χ0n) is 11.7. The maximum atomic E-state index is 12.7. The number of urea groups is 1. The maximum Gasteiger partial charge on any atom is 0.420 e. The first-order valence-electron chi connectivity index (χ1n) is 5.97. The van der Waals surface area contributed by atoms with Crippen molar-refractivity contribution in [2.24, 2.45) is 0 Å². The molecule has 0 spiro atoms. The molecule has 13 heteroatoms. The van der Waals surface area contributed by atoms with Crippen molar-refractivity contribution in [3.05, 3.63) is 24.3 Å². The third-order valence-corrected chi connectivity index (χ3v) is 3.26. The first kappa shape index (κ1) is 20.0. The van der Waals surface area contributed by atoms with Crippen LogP contribution in [0.1, 0.15) is 6.92 Å². The minimum absolute atomic E-state index is 0.186. The third-order valence-electron chi connectivity index (χ3n) is 2.87. The molecule has 136 valence electrons. The Bertz CT molecular complexity index is 620. The van der Waals surface area contributed by atoms with Crippen LogP contribution in [0.2, 0.25) is 0 Å². The summed E-state index contributed by atoms with van der Waals surface area (Å²) in [5.41, 5.74) is -4.97. The minimum atomic E-state index is -5.80. The lowest BCUT2D eigenvalue weighted by atomic mass is 10.0. The molecule has 1 atom stereocenters. The van der Waals surface area contributed by atoms with Crippen molar-refractivity contribution < 1.29 is 39.9 Å². The molecule has 6 nitrogen and oxygen atoms in total. The molecular weight excluding hydrogens is 368 g/mol. The monoisotopic (exact) mass is 379 g/mol. The van der Waals surface area contributed by atoms with E-state index < -0.39 is 35.2 Å². The van der Waals surface area contributed by atoms with Gasteiger partial charge >= 0.3 is 18.4 Å². The topological polar surface area (TPSA) is 90.5 Å². The van der Waals surface area contributed by atoms with E-state index in [-0.39, 0.29) is 18.3 Å². The van der Waals surface area contributed by atoms with Crippen LogP contribution in [0.3, 0.4) is 0 Å². The Balaban J connectivity index is 3.03. The Kier molecular flexibility index (Phi) is 5.71. The molecule has 1 unspecified atom stereocenters. The van der Waals surface area contributed by atoms with E-state index in [1.54, 1.807) is 5.32 Å². The molecule has 0 aromatic heterocycles. The largest absolute Gasteiger partial charge is 0.420 e. The van der Waals surface area contributed by atoms with Gasteiger partial charge in [-0.15, -0.1) is 0 Å². The highest BCUT2D eigenvalue weighted by atomic mass is 32.2. The number of hydrogen-bond donors (Lipinski definition) is 4. The summed E-state index contributed by atoms with van der Waals surface area (Å²) in [4.78, 5) is 11.6. The Morgan fingerprint density at radius 1 is 1.04 bits per heavy atom. The average molecular weight is 379 g/mol. The molecule has 0 saturated carbocycles. The quantitative estimate of drug-likeness (QED) is 0.478. The van der Waals surface area contributed by atoms with Gasteiger partial charge in [0.25, 0.3) is 11.3 Å². The number of rotatable bonds is 4. The van der Waals surface area contributed by atoms with Crippen LogP contribution < -0.4 is 15.4 Å². The highest BCUT2D eigenvalue weighted by Crippen LogP contribution is 2.42. The zero-order chi connectivity index (χ0) is 18.8. The third kappa shape index (κ3) is 4.50. The second kappa shape index (κ2) is 6.84. The van der Waals surface area contributed by atoms with Gasteiger partial charge < -0.3 is 10.6 Å². The highest BCUT2D eigenvalue weighted by Gasteiger charge is 2.68. The normalized spacial score (nSPS) is 14.0. The van der Waals surface area contributed by atoms with Gasteiger partial charge in [0, 0.05) is 0 Å². The lowest BCUT2D eigenvalue weighted by Crippen LogP contribution is -2.66. The van der Waals surface area contributed by atoms with Gasteiger partial charge in [0.2, 0.25) is 5.54 Å². The Morgan fingerprint density at radius 3 is 1.92 bits per heavy atom. The van der Waals surface area contributed by atoms with Crippen molar-refractivity contribution in [1.29, 1.82) is 0 Å². The Morgan fingerprint density at radius 2 is 1.50 bits per heavy atom. The molecule has 1 aromatic rings. The molecule has 0 radical (unpaired) electrons. The number of carbonyl (C=O) groups is 1. The van der Waals surface area contributed by atoms with Gasteiger partial charge in [0.05, 0.1) is 11.4 Å². The van der Waals surface area contributed by atoms with Crippen molar-refractivity contribution >= 4 is 28.7 Å². The molecule has 0 aliphatic carbocycles. The van der Waals surface area contributed by atoms with E-state index in [1.807, 2.05) is 4.72 Å². The van der Waals surface area contributed by atoms with Gasteiger partial charge in [0.1, 0.15) is 0 Å². The summed E-state index contributed by atoms with van der Waals surface area (Å²) in [6.07, 6.45) is -11.6. The predicted molar refractivity (Wildman–Crippen MR) is 73.5 cm³/mol. The Hall–Kier alpha value is -2.02. The molecule has 24 heavy (non-hydrogen) atoms. The van der Waals surface area contributed by atoms with E-state index in [4.69, 9.17) is 4.55 Å². The number of para-hydroxylation sites is 2. The molecule has 0 heterocycles. The van der Waals surface area contributed by atoms with Crippen molar-refractivity contribution in [3.8, 4) is 0 Å². The van der Waals surface area contributed by atoms with Crippen molar-refractivity contribution in [2.75, 3.05) is 10.0 Å². The summed E-state index contributed by atoms with van der Waals surface area (Å²) < 4.78 is 97.5. The fraction of sp³-hybridized carbons (Fsp3) is 0.364. The van der Waals surface area contributed by atoms with Crippen molar-refractivity contribution in [2.45, 2.75) is 24.8 Å². The van der Waals surface area contributed by atoms with Crippen LogP contribution in [0.25, 0.3) is 0 Å². The molecular formula is C11H11F6N3O3S. The molecule has 2 amide bonds. The van der Waals surface area contributed by atoms with Crippen LogP contribution in [0.5, 0.6) is 0 Å². The van der Waals surface area contributed by atoms with E-state index in [0.717, 1.165) is 11.4 Å². The first-order valence-corrected chi connectivity index (χ1v) is 7.08. The number of hydrogen-bond acceptors (Lipinski definition) is 2. The zero-order valence-corrected chi connectivity index (χ0v) is 12.6. The van der Waals surface area contributed by atoms with Crippen molar-refractivity contribution in [3.63, 3.8) is 0 Å². The van der Waals surface area contributed by atoms with E-state index >= 15 is 0 Å². The highest BCUT2D eigenvalue weighted by molar-refractivity contribution is 7.80. The number of benzene rings is 1. The van der Waals surface area contributed by atoms with E-state index in [9.17, 15) is 35.3 Å². The smallest absolute Gasteiger partial charge is 0.316 e. The van der Waals surface area contributed by atoms with E-state index in [2.05, 4.69) is 0 Å². The van der Waals surface area contributed by atoms with Crippen LogP contribution in [-0.4, -0.2) is 32.7 Å². The van der Waals surface area contributed by atoms with E-state index in [0.29, 0.717) is 0 Å². The van der Waals surface area contributed by atoms with Crippen LogP contribution in [0.15, 0.2) is 24.3 Å². The first-order chi connectivity index (χ1) is 10.8. The molecule has 4 N–H and O–H groups in total. The molecule has 0 bridgehead atoms. The van der Waals surface area contributed by atoms with Gasteiger partial charge in [-0.2, -0.15) is 26.3 Å². The SMILES string of the molecule is CC(NC(=O)Nc1ccccc1NS(=O)O)(C(F)(F)F)C(F)(F)F. The summed E-state index contributed by atoms with van der Waals surface area (Å²) in [6.45, 7) is -0.223. The predicted octanol–water partition coefficient (Wildman–Crippen LogP) is 3.24. The number of halogens is 6. The second-order valence-corrected chi connectivity index (χ2v) is 5.30. The van der Waals surface area contributed by atoms with Gasteiger partial charge in [-0.05, 0) is 19.1 Å². The van der Waals surface area contributed by atoms with Gasteiger partial charge in [-0.1, -0.05) is 12.1 Å². The minimum Gasteiger partial charge on any atom is -0.316 e. The second-order valence-electron chi connectivity index (χ2n) is 4.60. The number of anilines is 2. The molecule has 0 fully saturated rings. The van der Waals surface area contributed by atoms with Crippen LogP contribution in [0, 0.1) is 0 Å². The van der Waals surface area contributed by atoms with Gasteiger partial charge in [-0.3, -0.25) is 9.27 Å². The number of carbonyl (C=O) groups excluding carboxylic acids is 1. The van der Waals surface area contributed by atoms with Gasteiger partial charge in [-0.25, -0.2) is 9.00 Å². The maximum absolute atomic E-state index is 12.7. The van der Waals surface area contributed by atoms with Crippen LogP contribution in [0.4, 0.5) is 42.5 Å². The lowest BCUT2D eigenvalue weighted by molar-refractivity contribution is -0.297. The molecule has 0 aliphatic heterocycles. The number of alkyl halides is 6. The van der Waals surface area contributed by atoms with Gasteiger partial charge in [0.15, 0.2) is 0 Å². The standard InChI is InChI=1S/C11H11F6N3O3S/c1-9(10(12,13)14,11(15,16)17)19-8(21)18-6-4-2-3-5-7(6)20-24(22)23/h2-5,20H,1H3,(H,22,23)(H2,18,19,21). The summed E-state index contributed by atoms with van der Waals surface area (Å²) in [5, 5.41) is 2.59. The summed E-state index contributed by atoms with van der Waals surface area (Å²) in [5.74, 6) is 0. The molecule has 1 rings (SSSR count). The summed E-state index contributed by atoms with van der Waals surface area (Å²) in [6, 6.07) is 3.14. The number of amides is 2. The summed E-state index contributed by atoms with van der Waals surface area (Å²) >= 11 is -2.57. The fourth-order valence-electron chi connectivity index (χ4n) is 1.46. The van der Waals surface area contributed by atoms with E-state index in [1.165, 1.54) is 18.2 Å². The molecule has 1 aromatic carbocycles.